The summed E-state index contributed by atoms with van der Waals surface area (Å²) in [6.45, 7) is 3.31. The van der Waals surface area contributed by atoms with E-state index in [0.29, 0.717) is 19.6 Å². The van der Waals surface area contributed by atoms with Crippen molar-refractivity contribution in [1.29, 1.82) is 0 Å². The molecule has 2 aromatic carbocycles. The number of ether oxygens (including phenoxy) is 3. The van der Waals surface area contributed by atoms with Gasteiger partial charge in [-0.2, -0.15) is 0 Å². The molecule has 0 saturated heterocycles. The molecule has 0 amide bonds. The maximum absolute atomic E-state index is 10.4. The number of aliphatic hydroxyl groups is 1. The number of aliphatic hydroxyl groups excluding tert-OH is 1. The van der Waals surface area contributed by atoms with Crippen molar-refractivity contribution >= 4 is 0 Å². The largest absolute Gasteiger partial charge is 0.497 e. The predicted molar refractivity (Wildman–Crippen MR) is 135 cm³/mol. The maximum atomic E-state index is 10.4. The van der Waals surface area contributed by atoms with E-state index in [0.717, 1.165) is 37.2 Å². The van der Waals surface area contributed by atoms with Crippen molar-refractivity contribution in [2.75, 3.05) is 34.4 Å². The normalized spacial score (nSPS) is 13.2. The van der Waals surface area contributed by atoms with E-state index in [-0.39, 0.29) is 6.10 Å². The van der Waals surface area contributed by atoms with Crippen LogP contribution in [-0.2, 0) is 17.6 Å². The second-order valence-electron chi connectivity index (χ2n) is 8.94. The summed E-state index contributed by atoms with van der Waals surface area (Å²) in [6.07, 6.45) is 7.39. The fraction of sp³-hybridized carbons (Fsp3) is 0.571. The number of rotatable bonds is 17. The number of nitrogens with zero attached hydrogens (tertiary/aromatic N) is 1. The molecule has 0 heterocycles. The quantitative estimate of drug-likeness (QED) is 0.252. The molecule has 0 radical (unpaired) electrons. The van der Waals surface area contributed by atoms with Crippen LogP contribution in [0.1, 0.15) is 56.6 Å². The molecule has 0 aliphatic heterocycles. The summed E-state index contributed by atoms with van der Waals surface area (Å²) in [7, 11) is 5.70. The Hall–Kier alpha value is -2.08. The Morgan fingerprint density at radius 3 is 2.33 bits per heavy atom. The van der Waals surface area contributed by atoms with Crippen LogP contribution in [0.25, 0.3) is 0 Å². The van der Waals surface area contributed by atoms with E-state index in [1.165, 1.54) is 30.4 Å². The second-order valence-corrected chi connectivity index (χ2v) is 8.94. The number of benzene rings is 2. The Morgan fingerprint density at radius 1 is 0.909 bits per heavy atom. The molecule has 0 fully saturated rings. The average molecular weight is 458 g/mol. The molecule has 0 aliphatic carbocycles. The van der Waals surface area contributed by atoms with Gasteiger partial charge in [-0.15, -0.1) is 0 Å². The summed E-state index contributed by atoms with van der Waals surface area (Å²) >= 11 is 0. The van der Waals surface area contributed by atoms with E-state index in [1.54, 1.807) is 7.11 Å². The molecular formula is C28H43NO4. The van der Waals surface area contributed by atoms with E-state index >= 15 is 0 Å². The predicted octanol–water partition coefficient (Wildman–Crippen LogP) is 5.48. The van der Waals surface area contributed by atoms with Crippen molar-refractivity contribution in [3.05, 3.63) is 59.7 Å². The lowest BCUT2D eigenvalue weighted by Gasteiger charge is -2.25. The minimum atomic E-state index is -0.745. The van der Waals surface area contributed by atoms with Crippen LogP contribution in [0.3, 0.4) is 0 Å². The zero-order chi connectivity index (χ0) is 23.9. The third-order valence-corrected chi connectivity index (χ3v) is 5.71. The number of unbranched alkanes of at least 4 members (excludes halogenated alkanes) is 4. The van der Waals surface area contributed by atoms with Crippen LogP contribution in [0.15, 0.2) is 48.5 Å². The highest BCUT2D eigenvalue weighted by Crippen LogP contribution is 2.22. The summed E-state index contributed by atoms with van der Waals surface area (Å²) in [4.78, 5) is 2.07. The third-order valence-electron chi connectivity index (χ3n) is 5.71. The SMILES string of the molecule is CCCCCCCC(O)O[C@@H](COc1ccccc1CCc1ccc(OC)cc1)CN(C)C. The van der Waals surface area contributed by atoms with Gasteiger partial charge in [-0.05, 0) is 69.1 Å². The molecule has 33 heavy (non-hydrogen) atoms. The highest BCUT2D eigenvalue weighted by atomic mass is 16.6. The standard InChI is InChI=1S/C28H43NO4/c1-5-6-7-8-9-14-28(30)33-26(21-29(2)3)22-32-27-13-11-10-12-24(27)18-15-23-16-19-25(31-4)20-17-23/h10-13,16-17,19-20,26,28,30H,5-9,14-15,18,21-22H2,1-4H3/t26-,28?/m1/s1. The van der Waals surface area contributed by atoms with Gasteiger partial charge in [-0.25, -0.2) is 0 Å². The zero-order valence-corrected chi connectivity index (χ0v) is 21.0. The molecule has 2 rings (SSSR count). The van der Waals surface area contributed by atoms with E-state index in [4.69, 9.17) is 14.2 Å². The van der Waals surface area contributed by atoms with Gasteiger partial charge in [0.15, 0.2) is 6.29 Å². The highest BCUT2D eigenvalue weighted by Gasteiger charge is 2.17. The molecule has 184 valence electrons. The van der Waals surface area contributed by atoms with Crippen LogP contribution in [-0.4, -0.2) is 56.8 Å². The van der Waals surface area contributed by atoms with Gasteiger partial charge < -0.3 is 24.2 Å². The molecule has 5 heteroatoms. The van der Waals surface area contributed by atoms with E-state index in [2.05, 4.69) is 30.0 Å². The van der Waals surface area contributed by atoms with Crippen LogP contribution in [0.5, 0.6) is 11.5 Å². The van der Waals surface area contributed by atoms with Gasteiger partial charge in [0, 0.05) is 6.54 Å². The average Bonchev–Trinajstić information content (AvgIpc) is 2.81. The molecule has 0 aromatic heterocycles. The summed E-state index contributed by atoms with van der Waals surface area (Å²) in [5.41, 5.74) is 2.44. The Balaban J connectivity index is 1.88. The summed E-state index contributed by atoms with van der Waals surface area (Å²) in [5, 5.41) is 10.4. The number of hydrogen-bond acceptors (Lipinski definition) is 5. The lowest BCUT2D eigenvalue weighted by Crippen LogP contribution is -2.36. The first-order chi connectivity index (χ1) is 16.0. The van der Waals surface area contributed by atoms with E-state index < -0.39 is 6.29 Å². The smallest absolute Gasteiger partial charge is 0.155 e. The van der Waals surface area contributed by atoms with Crippen molar-refractivity contribution in [2.24, 2.45) is 0 Å². The second kappa shape index (κ2) is 15.7. The molecule has 1 N–H and O–H groups in total. The zero-order valence-electron chi connectivity index (χ0n) is 21.0. The number of para-hydroxylation sites is 1. The van der Waals surface area contributed by atoms with Crippen LogP contribution in [0.2, 0.25) is 0 Å². The highest BCUT2D eigenvalue weighted by molar-refractivity contribution is 5.35. The van der Waals surface area contributed by atoms with Gasteiger partial charge in [0.1, 0.15) is 24.2 Å². The van der Waals surface area contributed by atoms with Crippen LogP contribution in [0.4, 0.5) is 0 Å². The Labute approximate surface area is 200 Å². The molecule has 0 spiro atoms. The van der Waals surface area contributed by atoms with Gasteiger partial charge >= 0.3 is 0 Å². The van der Waals surface area contributed by atoms with Crippen molar-refractivity contribution in [2.45, 2.75) is 70.7 Å². The Morgan fingerprint density at radius 2 is 1.64 bits per heavy atom. The summed E-state index contributed by atoms with van der Waals surface area (Å²) in [5.74, 6) is 1.75. The van der Waals surface area contributed by atoms with Crippen molar-refractivity contribution in [3.8, 4) is 11.5 Å². The lowest BCUT2D eigenvalue weighted by molar-refractivity contribution is -0.151. The molecule has 0 saturated carbocycles. The van der Waals surface area contributed by atoms with Gasteiger partial charge in [0.25, 0.3) is 0 Å². The monoisotopic (exact) mass is 457 g/mol. The van der Waals surface area contributed by atoms with Crippen LogP contribution >= 0.6 is 0 Å². The fourth-order valence-electron chi connectivity index (χ4n) is 3.86. The molecular weight excluding hydrogens is 414 g/mol. The van der Waals surface area contributed by atoms with Gasteiger partial charge in [0.05, 0.1) is 7.11 Å². The molecule has 2 aromatic rings. The van der Waals surface area contributed by atoms with E-state index in [1.807, 2.05) is 44.4 Å². The van der Waals surface area contributed by atoms with Crippen LogP contribution < -0.4 is 9.47 Å². The molecule has 5 nitrogen and oxygen atoms in total. The molecule has 1 unspecified atom stereocenters. The molecule has 0 aliphatic rings. The van der Waals surface area contributed by atoms with Gasteiger partial charge in [0.2, 0.25) is 0 Å². The van der Waals surface area contributed by atoms with Crippen molar-refractivity contribution < 1.29 is 19.3 Å². The van der Waals surface area contributed by atoms with Crippen LogP contribution in [0, 0.1) is 0 Å². The minimum absolute atomic E-state index is 0.194. The number of aryl methyl sites for hydroxylation is 2. The summed E-state index contributed by atoms with van der Waals surface area (Å²) in [6, 6.07) is 16.4. The maximum Gasteiger partial charge on any atom is 0.155 e. The van der Waals surface area contributed by atoms with Gasteiger partial charge in [-0.1, -0.05) is 62.9 Å². The molecule has 2 atom stereocenters. The Bertz CT molecular complexity index is 763. The Kier molecular flexibility index (Phi) is 12.9. The lowest BCUT2D eigenvalue weighted by atomic mass is 10.0. The molecule has 0 bridgehead atoms. The fourth-order valence-corrected chi connectivity index (χ4v) is 3.86. The van der Waals surface area contributed by atoms with Gasteiger partial charge in [-0.3, -0.25) is 0 Å². The number of likely N-dealkylation sites (N-methyl/N-ethyl adjacent to an activating group) is 1. The topological polar surface area (TPSA) is 51.2 Å². The first-order valence-electron chi connectivity index (χ1n) is 12.3. The van der Waals surface area contributed by atoms with Crippen molar-refractivity contribution in [3.63, 3.8) is 0 Å². The first-order valence-corrected chi connectivity index (χ1v) is 12.3. The third kappa shape index (κ3) is 11.1. The minimum Gasteiger partial charge on any atom is -0.497 e. The van der Waals surface area contributed by atoms with Crippen molar-refractivity contribution in [1.82, 2.24) is 4.90 Å². The summed E-state index contributed by atoms with van der Waals surface area (Å²) < 4.78 is 17.4. The van der Waals surface area contributed by atoms with E-state index in [9.17, 15) is 5.11 Å². The number of hydrogen-bond donors (Lipinski definition) is 1. The first kappa shape index (κ1) is 27.2. The number of methoxy groups -OCH3 is 1.